The van der Waals surface area contributed by atoms with Crippen molar-refractivity contribution in [2.75, 3.05) is 5.32 Å². The lowest BCUT2D eigenvalue weighted by Crippen LogP contribution is -2.18. The second kappa shape index (κ2) is 7.08. The Kier molecular flexibility index (Phi) is 4.97. The van der Waals surface area contributed by atoms with Crippen LogP contribution in [0.25, 0.3) is 11.1 Å². The predicted molar refractivity (Wildman–Crippen MR) is 97.8 cm³/mol. The summed E-state index contributed by atoms with van der Waals surface area (Å²) in [6.45, 7) is 1.86. The van der Waals surface area contributed by atoms with Crippen LogP contribution >= 0.6 is 11.6 Å². The number of alkyl halides is 3. The molecule has 0 atom stereocenters. The fourth-order valence-electron chi connectivity index (χ4n) is 2.81. The summed E-state index contributed by atoms with van der Waals surface area (Å²) in [5.74, 6) is -0.880. The van der Waals surface area contributed by atoms with E-state index in [1.165, 1.54) is 7.05 Å². The number of hydrogen-bond donors (Lipinski definition) is 1. The van der Waals surface area contributed by atoms with Crippen molar-refractivity contribution in [1.29, 1.82) is 0 Å². The normalized spacial score (nSPS) is 11.5. The van der Waals surface area contributed by atoms with Gasteiger partial charge in [-0.15, -0.1) is 0 Å². The molecule has 4 nitrogen and oxygen atoms in total. The van der Waals surface area contributed by atoms with Gasteiger partial charge >= 0.3 is 6.18 Å². The first kappa shape index (κ1) is 19.0. The molecule has 0 saturated carbocycles. The zero-order valence-electron chi connectivity index (χ0n) is 14.4. The summed E-state index contributed by atoms with van der Waals surface area (Å²) < 4.78 is 40.3. The number of nitrogens with zero attached hydrogens (tertiary/aromatic N) is 2. The molecular formula is C19H15ClF3N3O. The lowest BCUT2D eigenvalue weighted by atomic mass is 9.99. The molecule has 8 heteroatoms. The molecule has 0 saturated heterocycles. The highest BCUT2D eigenvalue weighted by Crippen LogP contribution is 2.34. The Hall–Kier alpha value is -2.80. The third-order valence-electron chi connectivity index (χ3n) is 4.00. The van der Waals surface area contributed by atoms with Crippen LogP contribution in [0.5, 0.6) is 0 Å². The standard InChI is InChI=1S/C19H15ClF3N3O/c1-11-9-12(20)7-8-13(11)14-5-3-4-6-16(14)24-18(27)15-10-26(2)25-17(15)19(21,22)23/h3-10H,1-2H3,(H,24,27). The van der Waals surface area contributed by atoms with Crippen molar-refractivity contribution in [3.8, 4) is 11.1 Å². The van der Waals surface area contributed by atoms with Crippen LogP contribution in [0.1, 0.15) is 21.6 Å². The van der Waals surface area contributed by atoms with Gasteiger partial charge in [0.05, 0.1) is 5.56 Å². The van der Waals surface area contributed by atoms with Crippen LogP contribution in [0.3, 0.4) is 0 Å². The molecule has 2 aromatic carbocycles. The highest BCUT2D eigenvalue weighted by Gasteiger charge is 2.39. The van der Waals surface area contributed by atoms with E-state index in [-0.39, 0.29) is 0 Å². The van der Waals surface area contributed by atoms with Crippen molar-refractivity contribution in [2.24, 2.45) is 7.05 Å². The van der Waals surface area contributed by atoms with Crippen molar-refractivity contribution in [3.05, 3.63) is 70.5 Å². The number of carbonyl (C=O) groups is 1. The number of carbonyl (C=O) groups excluding carboxylic acids is 1. The maximum absolute atomic E-state index is 13.1. The molecule has 0 radical (unpaired) electrons. The smallest absolute Gasteiger partial charge is 0.321 e. The number of hydrogen-bond acceptors (Lipinski definition) is 2. The number of benzene rings is 2. The molecule has 0 aliphatic heterocycles. The van der Waals surface area contributed by atoms with Crippen molar-refractivity contribution >= 4 is 23.2 Å². The molecule has 0 unspecified atom stereocenters. The Morgan fingerprint density at radius 2 is 1.85 bits per heavy atom. The Balaban J connectivity index is 2.00. The van der Waals surface area contributed by atoms with E-state index in [0.29, 0.717) is 16.3 Å². The molecule has 0 bridgehead atoms. The van der Waals surface area contributed by atoms with E-state index < -0.39 is 23.3 Å². The average molecular weight is 394 g/mol. The quantitative estimate of drug-likeness (QED) is 0.654. The second-order valence-electron chi connectivity index (χ2n) is 6.02. The third kappa shape index (κ3) is 3.98. The van der Waals surface area contributed by atoms with Gasteiger partial charge in [-0.1, -0.05) is 35.9 Å². The van der Waals surface area contributed by atoms with E-state index in [1.807, 2.05) is 6.92 Å². The lowest BCUT2D eigenvalue weighted by Gasteiger charge is -2.14. The number of rotatable bonds is 3. The molecule has 27 heavy (non-hydrogen) atoms. The van der Waals surface area contributed by atoms with Gasteiger partial charge in [0.1, 0.15) is 0 Å². The number of halogens is 4. The van der Waals surface area contributed by atoms with E-state index in [9.17, 15) is 18.0 Å². The summed E-state index contributed by atoms with van der Waals surface area (Å²) in [5.41, 5.74) is 1.01. The molecule has 140 valence electrons. The topological polar surface area (TPSA) is 46.9 Å². The van der Waals surface area contributed by atoms with E-state index in [4.69, 9.17) is 11.6 Å². The van der Waals surface area contributed by atoms with Crippen molar-refractivity contribution < 1.29 is 18.0 Å². The summed E-state index contributed by atoms with van der Waals surface area (Å²) in [5, 5.41) is 6.51. The average Bonchev–Trinajstić information content (AvgIpc) is 2.98. The molecule has 1 amide bonds. The van der Waals surface area contributed by atoms with Crippen molar-refractivity contribution in [2.45, 2.75) is 13.1 Å². The zero-order chi connectivity index (χ0) is 19.8. The van der Waals surface area contributed by atoms with E-state index in [2.05, 4.69) is 10.4 Å². The number of nitrogens with one attached hydrogen (secondary N) is 1. The van der Waals surface area contributed by atoms with Gasteiger partial charge in [0.25, 0.3) is 5.91 Å². The Bertz CT molecular complexity index is 1010. The molecular weight excluding hydrogens is 379 g/mol. The Labute approximate surface area is 158 Å². The van der Waals surface area contributed by atoms with Gasteiger partial charge in [-0.2, -0.15) is 18.3 Å². The van der Waals surface area contributed by atoms with Gasteiger partial charge in [-0.25, -0.2) is 0 Å². The minimum Gasteiger partial charge on any atom is -0.321 e. The first-order chi connectivity index (χ1) is 12.7. The molecule has 0 fully saturated rings. The van der Waals surface area contributed by atoms with Gasteiger partial charge in [0.2, 0.25) is 0 Å². The predicted octanol–water partition coefficient (Wildman–Crippen LogP) is 5.32. The molecule has 1 aromatic heterocycles. The largest absolute Gasteiger partial charge is 0.435 e. The molecule has 1 heterocycles. The minimum atomic E-state index is -4.72. The van der Waals surface area contributed by atoms with Crippen molar-refractivity contribution in [1.82, 2.24) is 9.78 Å². The number of para-hydroxylation sites is 1. The number of amides is 1. The lowest BCUT2D eigenvalue weighted by molar-refractivity contribution is -0.141. The summed E-state index contributed by atoms with van der Waals surface area (Å²) in [4.78, 5) is 12.5. The molecule has 0 aliphatic carbocycles. The van der Waals surface area contributed by atoms with Crippen LogP contribution < -0.4 is 5.32 Å². The van der Waals surface area contributed by atoms with Gasteiger partial charge in [-0.05, 0) is 36.2 Å². The number of aryl methyl sites for hydroxylation is 2. The summed E-state index contributed by atoms with van der Waals surface area (Å²) in [6, 6.07) is 12.2. The summed E-state index contributed by atoms with van der Waals surface area (Å²) in [6.07, 6.45) is -3.67. The number of aromatic nitrogens is 2. The van der Waals surface area contributed by atoms with Crippen LogP contribution in [0, 0.1) is 6.92 Å². The fourth-order valence-corrected chi connectivity index (χ4v) is 3.04. The van der Waals surface area contributed by atoms with Crippen LogP contribution in [0.15, 0.2) is 48.7 Å². The fraction of sp³-hybridized carbons (Fsp3) is 0.158. The van der Waals surface area contributed by atoms with E-state index >= 15 is 0 Å². The SMILES string of the molecule is Cc1cc(Cl)ccc1-c1ccccc1NC(=O)c1cn(C)nc1C(F)(F)F. The molecule has 0 aliphatic rings. The second-order valence-corrected chi connectivity index (χ2v) is 6.46. The third-order valence-corrected chi connectivity index (χ3v) is 4.23. The van der Waals surface area contributed by atoms with Crippen LogP contribution in [0.4, 0.5) is 18.9 Å². The van der Waals surface area contributed by atoms with Gasteiger partial charge in [0.15, 0.2) is 5.69 Å². The highest BCUT2D eigenvalue weighted by atomic mass is 35.5. The van der Waals surface area contributed by atoms with Crippen molar-refractivity contribution in [3.63, 3.8) is 0 Å². The molecule has 3 rings (SSSR count). The van der Waals surface area contributed by atoms with Crippen LogP contribution in [-0.2, 0) is 13.2 Å². The molecule has 3 aromatic rings. The zero-order valence-corrected chi connectivity index (χ0v) is 15.2. The first-order valence-corrected chi connectivity index (χ1v) is 8.32. The number of anilines is 1. The Morgan fingerprint density at radius 1 is 1.15 bits per heavy atom. The van der Waals surface area contributed by atoms with Crippen LogP contribution in [0.2, 0.25) is 5.02 Å². The highest BCUT2D eigenvalue weighted by molar-refractivity contribution is 6.30. The molecule has 0 spiro atoms. The Morgan fingerprint density at radius 3 is 2.52 bits per heavy atom. The maximum Gasteiger partial charge on any atom is 0.435 e. The first-order valence-electron chi connectivity index (χ1n) is 7.94. The summed E-state index contributed by atoms with van der Waals surface area (Å²) >= 11 is 5.99. The van der Waals surface area contributed by atoms with Gasteiger partial charge < -0.3 is 5.32 Å². The van der Waals surface area contributed by atoms with Crippen LogP contribution in [-0.4, -0.2) is 15.7 Å². The van der Waals surface area contributed by atoms with E-state index in [0.717, 1.165) is 22.0 Å². The maximum atomic E-state index is 13.1. The summed E-state index contributed by atoms with van der Waals surface area (Å²) in [7, 11) is 1.33. The molecule has 1 N–H and O–H groups in total. The van der Waals surface area contributed by atoms with Gasteiger partial charge in [-0.3, -0.25) is 9.48 Å². The minimum absolute atomic E-state index is 0.393. The monoisotopic (exact) mass is 393 g/mol. The van der Waals surface area contributed by atoms with Gasteiger partial charge in [0, 0.05) is 29.5 Å². The van der Waals surface area contributed by atoms with E-state index in [1.54, 1.807) is 42.5 Å².